The number of carbonyl (C=O) groups excluding carboxylic acids is 1. The van der Waals surface area contributed by atoms with Crippen LogP contribution in [-0.4, -0.2) is 34.5 Å². The van der Waals surface area contributed by atoms with Crippen molar-refractivity contribution < 1.29 is 4.79 Å². The Morgan fingerprint density at radius 2 is 2.36 bits per heavy atom. The monoisotopic (exact) mass is 296 g/mol. The maximum atomic E-state index is 12.3. The molecule has 5 heteroatoms. The molecule has 2 aromatic rings. The average Bonchev–Trinajstić information content (AvgIpc) is 2.77. The van der Waals surface area contributed by atoms with Gasteiger partial charge in [0.25, 0.3) is 0 Å². The fraction of sp³-hybridized carbons (Fsp3) is 0.412. The molecule has 0 spiro atoms. The van der Waals surface area contributed by atoms with Crippen LogP contribution in [0.3, 0.4) is 0 Å². The lowest BCUT2D eigenvalue weighted by Gasteiger charge is -2.39. The third-order valence-corrected chi connectivity index (χ3v) is 5.10. The lowest BCUT2D eigenvalue weighted by Crippen LogP contribution is -2.55. The van der Waals surface area contributed by atoms with E-state index in [1.165, 1.54) is 0 Å². The number of benzene rings is 1. The Labute approximate surface area is 129 Å². The zero-order valence-corrected chi connectivity index (χ0v) is 12.5. The Balaban J connectivity index is 1.40. The van der Waals surface area contributed by atoms with Crippen LogP contribution in [0.25, 0.3) is 10.9 Å². The molecule has 1 saturated carbocycles. The molecule has 1 saturated heterocycles. The van der Waals surface area contributed by atoms with E-state index >= 15 is 0 Å². The minimum absolute atomic E-state index is 0.0136. The molecule has 1 aromatic carbocycles. The number of rotatable bonds is 2. The minimum Gasteiger partial charge on any atom is -0.334 e. The van der Waals surface area contributed by atoms with Crippen molar-refractivity contribution in [1.29, 1.82) is 0 Å². The summed E-state index contributed by atoms with van der Waals surface area (Å²) in [5.41, 5.74) is 8.17. The first-order valence-corrected chi connectivity index (χ1v) is 7.79. The number of amides is 2. The van der Waals surface area contributed by atoms with Crippen molar-refractivity contribution in [3.63, 3.8) is 0 Å². The first kappa shape index (κ1) is 13.5. The lowest BCUT2D eigenvalue weighted by molar-refractivity contribution is 0.187. The first-order chi connectivity index (χ1) is 10.6. The SMILES string of the molecule is N[C@]12CC[C@H]1CN(C(=O)NCc1ccc3cccnc3c1)C2. The number of pyridine rings is 1. The van der Waals surface area contributed by atoms with Crippen LogP contribution in [-0.2, 0) is 6.54 Å². The first-order valence-electron chi connectivity index (χ1n) is 7.79. The van der Waals surface area contributed by atoms with Gasteiger partial charge in [0.15, 0.2) is 0 Å². The van der Waals surface area contributed by atoms with Crippen LogP contribution in [0.5, 0.6) is 0 Å². The molecular formula is C17H20N4O. The fourth-order valence-corrected chi connectivity index (χ4v) is 3.55. The molecule has 1 aliphatic heterocycles. The Kier molecular flexibility index (Phi) is 3.04. The van der Waals surface area contributed by atoms with Crippen LogP contribution in [0, 0.1) is 5.92 Å². The van der Waals surface area contributed by atoms with E-state index in [1.807, 2.05) is 35.2 Å². The second-order valence-electron chi connectivity index (χ2n) is 6.54. The molecule has 4 rings (SSSR count). The van der Waals surface area contributed by atoms with E-state index in [2.05, 4.69) is 10.3 Å². The summed E-state index contributed by atoms with van der Waals surface area (Å²) in [6.07, 6.45) is 3.97. The van der Waals surface area contributed by atoms with Crippen molar-refractivity contribution in [2.24, 2.45) is 11.7 Å². The van der Waals surface area contributed by atoms with Gasteiger partial charge < -0.3 is 16.0 Å². The van der Waals surface area contributed by atoms with Crippen LogP contribution in [0.15, 0.2) is 36.5 Å². The molecule has 2 heterocycles. The van der Waals surface area contributed by atoms with Gasteiger partial charge >= 0.3 is 6.03 Å². The van der Waals surface area contributed by atoms with Crippen molar-refractivity contribution in [1.82, 2.24) is 15.2 Å². The summed E-state index contributed by atoms with van der Waals surface area (Å²) >= 11 is 0. The van der Waals surface area contributed by atoms with Gasteiger partial charge in [-0.1, -0.05) is 18.2 Å². The number of hydrogen-bond acceptors (Lipinski definition) is 3. The summed E-state index contributed by atoms with van der Waals surface area (Å²) in [6, 6.07) is 10.0. The molecule has 5 nitrogen and oxygen atoms in total. The second kappa shape index (κ2) is 4.95. The molecule has 1 aliphatic carbocycles. The predicted octanol–water partition coefficient (Wildman–Crippen LogP) is 1.87. The van der Waals surface area contributed by atoms with Crippen molar-refractivity contribution in [3.05, 3.63) is 42.1 Å². The number of carbonyl (C=O) groups is 1. The van der Waals surface area contributed by atoms with Gasteiger partial charge in [-0.05, 0) is 36.5 Å². The highest BCUT2D eigenvalue weighted by Gasteiger charge is 2.51. The molecule has 2 atom stereocenters. The van der Waals surface area contributed by atoms with Crippen molar-refractivity contribution in [2.75, 3.05) is 13.1 Å². The summed E-state index contributed by atoms with van der Waals surface area (Å²) in [6.45, 7) is 1.99. The molecule has 22 heavy (non-hydrogen) atoms. The van der Waals surface area contributed by atoms with Gasteiger partial charge in [0.05, 0.1) is 5.52 Å². The van der Waals surface area contributed by atoms with E-state index in [0.717, 1.165) is 35.9 Å². The molecule has 2 fully saturated rings. The summed E-state index contributed by atoms with van der Waals surface area (Å²) in [5.74, 6) is 0.489. The van der Waals surface area contributed by atoms with Gasteiger partial charge in [-0.15, -0.1) is 0 Å². The summed E-state index contributed by atoms with van der Waals surface area (Å²) in [4.78, 5) is 18.5. The third kappa shape index (κ3) is 2.22. The van der Waals surface area contributed by atoms with Crippen LogP contribution in [0.4, 0.5) is 4.79 Å². The Morgan fingerprint density at radius 1 is 1.45 bits per heavy atom. The highest BCUT2D eigenvalue weighted by Crippen LogP contribution is 2.42. The third-order valence-electron chi connectivity index (χ3n) is 5.10. The molecule has 114 valence electrons. The Morgan fingerprint density at radius 3 is 3.09 bits per heavy atom. The number of nitrogens with zero attached hydrogens (tertiary/aromatic N) is 2. The van der Waals surface area contributed by atoms with E-state index in [4.69, 9.17) is 5.73 Å². The molecule has 2 aliphatic rings. The summed E-state index contributed by atoms with van der Waals surface area (Å²) < 4.78 is 0. The molecule has 2 amide bonds. The smallest absolute Gasteiger partial charge is 0.317 e. The molecule has 0 radical (unpaired) electrons. The van der Waals surface area contributed by atoms with Crippen molar-refractivity contribution in [3.8, 4) is 0 Å². The van der Waals surface area contributed by atoms with Gasteiger partial charge in [0.2, 0.25) is 0 Å². The predicted molar refractivity (Wildman–Crippen MR) is 85.2 cm³/mol. The number of aromatic nitrogens is 1. The number of nitrogens with one attached hydrogen (secondary N) is 1. The molecule has 3 N–H and O–H groups in total. The van der Waals surface area contributed by atoms with Gasteiger partial charge in [-0.3, -0.25) is 4.98 Å². The molecule has 0 unspecified atom stereocenters. The highest BCUT2D eigenvalue weighted by atomic mass is 16.2. The van der Waals surface area contributed by atoms with E-state index in [0.29, 0.717) is 19.0 Å². The topological polar surface area (TPSA) is 71.2 Å². The fourth-order valence-electron chi connectivity index (χ4n) is 3.55. The summed E-state index contributed by atoms with van der Waals surface area (Å²) in [5, 5.41) is 4.11. The average molecular weight is 296 g/mol. The lowest BCUT2D eigenvalue weighted by atomic mass is 9.70. The van der Waals surface area contributed by atoms with E-state index in [-0.39, 0.29) is 11.6 Å². The zero-order valence-electron chi connectivity index (χ0n) is 12.5. The van der Waals surface area contributed by atoms with Gasteiger partial charge in [0.1, 0.15) is 0 Å². The number of nitrogens with two attached hydrogens (primary N) is 1. The van der Waals surface area contributed by atoms with Crippen LogP contribution in [0.2, 0.25) is 0 Å². The molecule has 1 aromatic heterocycles. The zero-order chi connectivity index (χ0) is 15.2. The standard InChI is InChI=1S/C17H20N4O/c18-17-6-5-14(17)10-21(11-17)16(22)20-9-12-3-4-13-2-1-7-19-15(13)8-12/h1-4,7-8,14H,5-6,9-11,18H2,(H,20,22)/t14-,17-/m0/s1. The highest BCUT2D eigenvalue weighted by molar-refractivity contribution is 5.79. The molecular weight excluding hydrogens is 276 g/mol. The maximum Gasteiger partial charge on any atom is 0.317 e. The molecule has 0 bridgehead atoms. The Bertz CT molecular complexity index is 731. The summed E-state index contributed by atoms with van der Waals surface area (Å²) in [7, 11) is 0. The minimum atomic E-state index is -0.121. The number of urea groups is 1. The Hall–Kier alpha value is -2.14. The van der Waals surface area contributed by atoms with Crippen LogP contribution in [0.1, 0.15) is 18.4 Å². The maximum absolute atomic E-state index is 12.3. The van der Waals surface area contributed by atoms with E-state index in [1.54, 1.807) is 6.20 Å². The largest absolute Gasteiger partial charge is 0.334 e. The normalized spacial score (nSPS) is 26.6. The number of fused-ring (bicyclic) bond motifs is 2. The van der Waals surface area contributed by atoms with E-state index < -0.39 is 0 Å². The van der Waals surface area contributed by atoms with Crippen molar-refractivity contribution >= 4 is 16.9 Å². The second-order valence-corrected chi connectivity index (χ2v) is 6.54. The van der Waals surface area contributed by atoms with Crippen LogP contribution >= 0.6 is 0 Å². The van der Waals surface area contributed by atoms with Crippen molar-refractivity contribution in [2.45, 2.75) is 24.9 Å². The van der Waals surface area contributed by atoms with Gasteiger partial charge in [-0.25, -0.2) is 4.79 Å². The number of likely N-dealkylation sites (tertiary alicyclic amines) is 1. The van der Waals surface area contributed by atoms with E-state index in [9.17, 15) is 4.79 Å². The van der Waals surface area contributed by atoms with Gasteiger partial charge in [-0.2, -0.15) is 0 Å². The van der Waals surface area contributed by atoms with Gasteiger partial charge in [0, 0.05) is 36.8 Å². The quantitative estimate of drug-likeness (QED) is 0.888. The van der Waals surface area contributed by atoms with Crippen LogP contribution < -0.4 is 11.1 Å². The number of hydrogen-bond donors (Lipinski definition) is 2.